The first kappa shape index (κ1) is 17.8. The molecular weight excluding hydrogens is 342 g/mol. The number of carbonyl (C=O) groups is 1. The normalized spacial score (nSPS) is 17.6. The minimum atomic E-state index is 0.0791. The molecule has 1 aliphatic rings. The van der Waals surface area contributed by atoms with Crippen molar-refractivity contribution in [1.29, 1.82) is 0 Å². The fourth-order valence-corrected chi connectivity index (χ4v) is 3.92. The Morgan fingerprint density at radius 3 is 3.11 bits per heavy atom. The molecule has 1 saturated heterocycles. The number of ether oxygens (including phenoxy) is 1. The van der Waals surface area contributed by atoms with Crippen LogP contribution >= 0.6 is 0 Å². The van der Waals surface area contributed by atoms with E-state index >= 15 is 0 Å². The van der Waals surface area contributed by atoms with Crippen molar-refractivity contribution >= 4 is 16.9 Å². The van der Waals surface area contributed by atoms with Gasteiger partial charge >= 0.3 is 0 Å². The molecule has 1 amide bonds. The third-order valence-corrected chi connectivity index (χ3v) is 5.24. The highest BCUT2D eigenvalue weighted by atomic mass is 16.5. The fraction of sp³-hybridized carbons (Fsp3) is 0.429. The predicted molar refractivity (Wildman–Crippen MR) is 103 cm³/mol. The molecule has 1 aromatic carbocycles. The molecule has 3 heterocycles. The lowest BCUT2D eigenvalue weighted by atomic mass is 9.96. The third-order valence-electron chi connectivity index (χ3n) is 5.24. The average Bonchev–Trinajstić information content (AvgIpc) is 3.30. The molecule has 1 atom stereocenters. The van der Waals surface area contributed by atoms with Crippen LogP contribution in [-0.4, -0.2) is 47.2 Å². The first-order valence-corrected chi connectivity index (χ1v) is 9.45. The summed E-state index contributed by atoms with van der Waals surface area (Å²) in [5, 5.41) is 0.974. The van der Waals surface area contributed by atoms with Crippen molar-refractivity contribution in [2.45, 2.75) is 32.2 Å². The van der Waals surface area contributed by atoms with Crippen LogP contribution in [0.25, 0.3) is 11.0 Å². The van der Waals surface area contributed by atoms with E-state index in [1.165, 1.54) is 0 Å². The van der Waals surface area contributed by atoms with E-state index in [1.807, 2.05) is 48.5 Å². The lowest BCUT2D eigenvalue weighted by molar-refractivity contribution is 0.0702. The maximum Gasteiger partial charge on any atom is 0.253 e. The van der Waals surface area contributed by atoms with E-state index in [4.69, 9.17) is 9.15 Å². The highest BCUT2D eigenvalue weighted by Gasteiger charge is 2.28. The second-order valence-corrected chi connectivity index (χ2v) is 7.17. The second-order valence-electron chi connectivity index (χ2n) is 7.17. The van der Waals surface area contributed by atoms with Crippen molar-refractivity contribution in [1.82, 2.24) is 14.5 Å². The number of piperidine rings is 1. The monoisotopic (exact) mass is 367 g/mol. The number of hydrogen-bond acceptors (Lipinski definition) is 4. The molecule has 142 valence electrons. The Balaban J connectivity index is 1.51. The van der Waals surface area contributed by atoms with Gasteiger partial charge in [-0.25, -0.2) is 4.98 Å². The Bertz CT molecular complexity index is 943. The average molecular weight is 367 g/mol. The molecule has 27 heavy (non-hydrogen) atoms. The van der Waals surface area contributed by atoms with Crippen LogP contribution in [0.4, 0.5) is 0 Å². The van der Waals surface area contributed by atoms with Crippen LogP contribution in [0.1, 0.15) is 40.7 Å². The molecule has 1 aliphatic heterocycles. The molecule has 6 heteroatoms. The Morgan fingerprint density at radius 1 is 1.37 bits per heavy atom. The van der Waals surface area contributed by atoms with Crippen LogP contribution < -0.4 is 0 Å². The first-order valence-electron chi connectivity index (χ1n) is 9.45. The van der Waals surface area contributed by atoms with Gasteiger partial charge in [-0.2, -0.15) is 0 Å². The Kier molecular flexibility index (Phi) is 4.99. The summed E-state index contributed by atoms with van der Waals surface area (Å²) in [5.74, 6) is 2.24. The van der Waals surface area contributed by atoms with E-state index in [-0.39, 0.29) is 11.8 Å². The number of likely N-dealkylation sites (tertiary alicyclic amines) is 1. The summed E-state index contributed by atoms with van der Waals surface area (Å²) in [6.45, 7) is 4.85. The second kappa shape index (κ2) is 7.56. The number of methoxy groups -OCH3 is 1. The number of aryl methyl sites for hydroxylation is 1. The van der Waals surface area contributed by atoms with Gasteiger partial charge < -0.3 is 18.6 Å². The molecule has 0 radical (unpaired) electrons. The van der Waals surface area contributed by atoms with E-state index in [2.05, 4.69) is 9.55 Å². The number of aromatic nitrogens is 2. The molecule has 0 aliphatic carbocycles. The van der Waals surface area contributed by atoms with Gasteiger partial charge in [0.25, 0.3) is 5.91 Å². The summed E-state index contributed by atoms with van der Waals surface area (Å²) in [5.41, 5.74) is 1.53. The molecule has 0 saturated carbocycles. The van der Waals surface area contributed by atoms with Gasteiger partial charge in [0.15, 0.2) is 0 Å². The van der Waals surface area contributed by atoms with E-state index < -0.39 is 0 Å². The molecule has 0 N–H and O–H groups in total. The summed E-state index contributed by atoms with van der Waals surface area (Å²) in [6, 6.07) is 7.64. The fourth-order valence-electron chi connectivity index (χ4n) is 3.92. The minimum absolute atomic E-state index is 0.0791. The van der Waals surface area contributed by atoms with E-state index in [0.717, 1.165) is 48.5 Å². The van der Waals surface area contributed by atoms with Gasteiger partial charge in [-0.3, -0.25) is 4.79 Å². The smallest absolute Gasteiger partial charge is 0.253 e. The van der Waals surface area contributed by atoms with Gasteiger partial charge in [0.1, 0.15) is 17.2 Å². The van der Waals surface area contributed by atoms with Crippen molar-refractivity contribution in [3.05, 3.63) is 53.8 Å². The van der Waals surface area contributed by atoms with Crippen molar-refractivity contribution in [3.63, 3.8) is 0 Å². The molecule has 0 spiro atoms. The van der Waals surface area contributed by atoms with Gasteiger partial charge in [0.05, 0.1) is 6.61 Å². The maximum atomic E-state index is 13.1. The number of rotatable bonds is 5. The summed E-state index contributed by atoms with van der Waals surface area (Å²) in [4.78, 5) is 19.6. The Hall–Kier alpha value is -2.60. The summed E-state index contributed by atoms with van der Waals surface area (Å²) in [6.07, 6.45) is 5.86. The quantitative estimate of drug-likeness (QED) is 0.691. The SMILES string of the molecule is COCCn1ccnc1[C@H]1CCCN(C(=O)c2ccc3oc(C)cc3c2)C1. The number of imidazole rings is 1. The third kappa shape index (κ3) is 3.62. The summed E-state index contributed by atoms with van der Waals surface area (Å²) in [7, 11) is 1.70. The van der Waals surface area contributed by atoms with Crippen LogP contribution in [0.2, 0.25) is 0 Å². The molecular formula is C21H25N3O3. The van der Waals surface area contributed by atoms with Crippen molar-refractivity contribution in [2.24, 2.45) is 0 Å². The van der Waals surface area contributed by atoms with Crippen LogP contribution in [0.5, 0.6) is 0 Å². The molecule has 0 unspecified atom stereocenters. The van der Waals surface area contributed by atoms with E-state index in [0.29, 0.717) is 18.7 Å². The lowest BCUT2D eigenvalue weighted by Crippen LogP contribution is -2.39. The van der Waals surface area contributed by atoms with Crippen LogP contribution in [-0.2, 0) is 11.3 Å². The molecule has 6 nitrogen and oxygen atoms in total. The van der Waals surface area contributed by atoms with Crippen molar-refractivity contribution < 1.29 is 13.9 Å². The summed E-state index contributed by atoms with van der Waals surface area (Å²) < 4.78 is 12.9. The highest BCUT2D eigenvalue weighted by Crippen LogP contribution is 2.28. The first-order chi connectivity index (χ1) is 13.2. The zero-order chi connectivity index (χ0) is 18.8. The number of carbonyl (C=O) groups excluding carboxylic acids is 1. The number of furan rings is 1. The topological polar surface area (TPSA) is 60.5 Å². The molecule has 1 fully saturated rings. The van der Waals surface area contributed by atoms with Crippen molar-refractivity contribution in [3.8, 4) is 0 Å². The van der Waals surface area contributed by atoms with Gasteiger partial charge in [0.2, 0.25) is 0 Å². The number of hydrogen-bond donors (Lipinski definition) is 0. The molecule has 3 aromatic rings. The Morgan fingerprint density at radius 2 is 2.26 bits per heavy atom. The Labute approximate surface area is 158 Å². The van der Waals surface area contributed by atoms with Gasteiger partial charge in [-0.15, -0.1) is 0 Å². The number of benzene rings is 1. The van der Waals surface area contributed by atoms with Gasteiger partial charge in [0, 0.05) is 56.0 Å². The van der Waals surface area contributed by atoms with Crippen molar-refractivity contribution in [2.75, 3.05) is 26.8 Å². The number of amides is 1. The van der Waals surface area contributed by atoms with E-state index in [9.17, 15) is 4.79 Å². The van der Waals surface area contributed by atoms with Crippen LogP contribution in [0, 0.1) is 6.92 Å². The summed E-state index contributed by atoms with van der Waals surface area (Å²) >= 11 is 0. The predicted octanol–water partition coefficient (Wildman–Crippen LogP) is 3.60. The lowest BCUT2D eigenvalue weighted by Gasteiger charge is -2.32. The number of fused-ring (bicyclic) bond motifs is 1. The van der Waals surface area contributed by atoms with E-state index in [1.54, 1.807) is 7.11 Å². The van der Waals surface area contributed by atoms with Crippen LogP contribution in [0.15, 0.2) is 41.1 Å². The largest absolute Gasteiger partial charge is 0.461 e. The highest BCUT2D eigenvalue weighted by molar-refractivity contribution is 5.98. The van der Waals surface area contributed by atoms with Crippen LogP contribution in [0.3, 0.4) is 0 Å². The minimum Gasteiger partial charge on any atom is -0.461 e. The zero-order valence-corrected chi connectivity index (χ0v) is 15.9. The number of nitrogens with zero attached hydrogens (tertiary/aromatic N) is 3. The standard InChI is InChI=1S/C21H25N3O3/c1-15-12-18-13-16(5-6-19(18)27-15)21(25)24-8-3-4-17(14-24)20-22-7-9-23(20)10-11-26-2/h5-7,9,12-13,17H,3-4,8,10-11,14H2,1-2H3/t17-/m0/s1. The zero-order valence-electron chi connectivity index (χ0n) is 15.9. The molecule has 4 rings (SSSR count). The molecule has 0 bridgehead atoms. The van der Waals surface area contributed by atoms with Gasteiger partial charge in [-0.1, -0.05) is 0 Å². The maximum absolute atomic E-state index is 13.1. The van der Waals surface area contributed by atoms with Gasteiger partial charge in [-0.05, 0) is 44.0 Å². The molecule has 2 aromatic heterocycles.